The van der Waals surface area contributed by atoms with Gasteiger partial charge in [-0.25, -0.2) is 0 Å². The zero-order chi connectivity index (χ0) is 11.2. The van der Waals surface area contributed by atoms with Crippen molar-refractivity contribution in [1.82, 2.24) is 10.2 Å². The molecule has 2 N–H and O–H groups in total. The largest absolute Gasteiger partial charge is 0.379 e. The summed E-state index contributed by atoms with van der Waals surface area (Å²) in [4.78, 5) is 0. The van der Waals surface area contributed by atoms with Gasteiger partial charge in [0.1, 0.15) is 0 Å². The quantitative estimate of drug-likeness (QED) is 0.805. The van der Waals surface area contributed by atoms with Crippen molar-refractivity contribution >= 4 is 5.69 Å². The molecule has 16 heavy (non-hydrogen) atoms. The molecule has 0 aliphatic heterocycles. The fourth-order valence-corrected chi connectivity index (χ4v) is 1.76. The number of H-pyrrole nitrogens is 1. The number of nitrogens with zero attached hydrogens (tertiary/aromatic N) is 1. The van der Waals surface area contributed by atoms with Crippen molar-refractivity contribution < 1.29 is 0 Å². The molecule has 0 saturated carbocycles. The predicted molar refractivity (Wildman–Crippen MR) is 66.4 cm³/mol. The lowest BCUT2D eigenvalue weighted by molar-refractivity contribution is 0.690. The van der Waals surface area contributed by atoms with Crippen LogP contribution in [0.5, 0.6) is 0 Å². The first-order chi connectivity index (χ1) is 7.88. The number of hydrogen-bond acceptors (Lipinski definition) is 2. The van der Waals surface area contributed by atoms with Crippen LogP contribution in [0.4, 0.5) is 5.69 Å². The highest BCUT2D eigenvalue weighted by Crippen LogP contribution is 2.11. The van der Waals surface area contributed by atoms with E-state index in [1.54, 1.807) is 0 Å². The fourth-order valence-electron chi connectivity index (χ4n) is 1.76. The third kappa shape index (κ3) is 2.86. The van der Waals surface area contributed by atoms with Crippen molar-refractivity contribution in [3.05, 3.63) is 48.3 Å². The van der Waals surface area contributed by atoms with Gasteiger partial charge in [0.05, 0.1) is 11.9 Å². The van der Waals surface area contributed by atoms with E-state index in [2.05, 4.69) is 46.7 Å². The summed E-state index contributed by atoms with van der Waals surface area (Å²) < 4.78 is 0. The molecule has 1 unspecified atom stereocenters. The van der Waals surface area contributed by atoms with Gasteiger partial charge >= 0.3 is 0 Å². The minimum atomic E-state index is 0.458. The van der Waals surface area contributed by atoms with E-state index in [0.717, 1.165) is 18.5 Å². The number of anilines is 1. The first-order valence-corrected chi connectivity index (χ1v) is 5.67. The molecule has 1 atom stereocenters. The van der Waals surface area contributed by atoms with Gasteiger partial charge in [0.25, 0.3) is 0 Å². The Hall–Kier alpha value is -1.77. The monoisotopic (exact) mass is 215 g/mol. The average Bonchev–Trinajstić information content (AvgIpc) is 2.82. The lowest BCUT2D eigenvalue weighted by Crippen LogP contribution is -2.20. The van der Waals surface area contributed by atoms with Crippen molar-refractivity contribution in [2.75, 3.05) is 5.32 Å². The van der Waals surface area contributed by atoms with E-state index in [0.29, 0.717) is 6.04 Å². The number of benzene rings is 1. The van der Waals surface area contributed by atoms with Crippen molar-refractivity contribution in [3.63, 3.8) is 0 Å². The second kappa shape index (κ2) is 5.35. The molecule has 0 bridgehead atoms. The molecule has 1 aromatic carbocycles. The summed E-state index contributed by atoms with van der Waals surface area (Å²) in [5.74, 6) is 0. The lowest BCUT2D eigenvalue weighted by Gasteiger charge is -2.16. The van der Waals surface area contributed by atoms with Crippen molar-refractivity contribution in [3.8, 4) is 0 Å². The van der Waals surface area contributed by atoms with Crippen LogP contribution in [0.25, 0.3) is 0 Å². The van der Waals surface area contributed by atoms with Gasteiger partial charge in [-0.1, -0.05) is 37.3 Å². The predicted octanol–water partition coefficient (Wildman–Crippen LogP) is 2.84. The number of aromatic amines is 1. The Balaban J connectivity index is 1.96. The Morgan fingerprint density at radius 2 is 2.12 bits per heavy atom. The molecule has 2 aromatic rings. The number of hydrogen-bond donors (Lipinski definition) is 2. The van der Waals surface area contributed by atoms with Crippen LogP contribution in [0.15, 0.2) is 42.7 Å². The van der Waals surface area contributed by atoms with E-state index >= 15 is 0 Å². The molecule has 3 heteroatoms. The average molecular weight is 215 g/mol. The molecule has 2 rings (SSSR count). The standard InChI is InChI=1S/C13H17N3/c1-2-12(16-13-9-14-15-10-13)8-11-6-4-3-5-7-11/h3-7,9-10,12,16H,2,8H2,1H3,(H,14,15). The van der Waals surface area contributed by atoms with Crippen LogP contribution < -0.4 is 5.32 Å². The van der Waals surface area contributed by atoms with Crippen LogP contribution in [-0.4, -0.2) is 16.2 Å². The molecule has 0 radical (unpaired) electrons. The summed E-state index contributed by atoms with van der Waals surface area (Å²) in [7, 11) is 0. The molecule has 1 heterocycles. The fraction of sp³-hybridized carbons (Fsp3) is 0.308. The highest BCUT2D eigenvalue weighted by atomic mass is 15.1. The highest BCUT2D eigenvalue weighted by molar-refractivity contribution is 5.39. The third-order valence-corrected chi connectivity index (χ3v) is 2.69. The van der Waals surface area contributed by atoms with Gasteiger partial charge in [0.15, 0.2) is 0 Å². The lowest BCUT2D eigenvalue weighted by atomic mass is 10.0. The second-order valence-electron chi connectivity index (χ2n) is 3.93. The minimum absolute atomic E-state index is 0.458. The SMILES string of the molecule is CCC(Cc1ccccc1)Nc1cn[nH]c1. The van der Waals surface area contributed by atoms with Crippen LogP contribution in [0.3, 0.4) is 0 Å². The highest BCUT2D eigenvalue weighted by Gasteiger charge is 2.07. The van der Waals surface area contributed by atoms with Crippen LogP contribution in [0.2, 0.25) is 0 Å². The zero-order valence-corrected chi connectivity index (χ0v) is 9.48. The van der Waals surface area contributed by atoms with E-state index < -0.39 is 0 Å². The molecule has 0 aliphatic carbocycles. The van der Waals surface area contributed by atoms with Crippen LogP contribution >= 0.6 is 0 Å². The molecule has 0 aliphatic rings. The zero-order valence-electron chi connectivity index (χ0n) is 9.48. The van der Waals surface area contributed by atoms with E-state index in [1.807, 2.05) is 18.5 Å². The van der Waals surface area contributed by atoms with E-state index in [1.165, 1.54) is 5.56 Å². The maximum atomic E-state index is 3.93. The Morgan fingerprint density at radius 3 is 2.75 bits per heavy atom. The molecular weight excluding hydrogens is 198 g/mol. The molecular formula is C13H17N3. The maximum Gasteiger partial charge on any atom is 0.0726 e. The van der Waals surface area contributed by atoms with Gasteiger partial charge in [0, 0.05) is 12.2 Å². The van der Waals surface area contributed by atoms with Crippen LogP contribution in [0, 0.1) is 0 Å². The molecule has 0 fully saturated rings. The number of aromatic nitrogens is 2. The summed E-state index contributed by atoms with van der Waals surface area (Å²) in [6.45, 7) is 2.20. The third-order valence-electron chi connectivity index (χ3n) is 2.69. The summed E-state index contributed by atoms with van der Waals surface area (Å²) in [6.07, 6.45) is 5.84. The molecule has 0 saturated heterocycles. The first-order valence-electron chi connectivity index (χ1n) is 5.67. The molecule has 1 aromatic heterocycles. The van der Waals surface area contributed by atoms with Crippen LogP contribution in [0.1, 0.15) is 18.9 Å². The Bertz CT molecular complexity index is 394. The van der Waals surface area contributed by atoms with Crippen LogP contribution in [-0.2, 0) is 6.42 Å². The number of rotatable bonds is 5. The molecule has 84 valence electrons. The smallest absolute Gasteiger partial charge is 0.0726 e. The van der Waals surface area contributed by atoms with Crippen molar-refractivity contribution in [2.24, 2.45) is 0 Å². The van der Waals surface area contributed by atoms with Gasteiger partial charge in [0.2, 0.25) is 0 Å². The van der Waals surface area contributed by atoms with Gasteiger partial charge in [-0.2, -0.15) is 5.10 Å². The van der Waals surface area contributed by atoms with Gasteiger partial charge < -0.3 is 5.32 Å². The normalized spacial score (nSPS) is 12.3. The van der Waals surface area contributed by atoms with Crippen molar-refractivity contribution in [2.45, 2.75) is 25.8 Å². The summed E-state index contributed by atoms with van der Waals surface area (Å²) in [6, 6.07) is 11.0. The topological polar surface area (TPSA) is 40.7 Å². The van der Waals surface area contributed by atoms with Crippen molar-refractivity contribution in [1.29, 1.82) is 0 Å². The molecule has 0 spiro atoms. The van der Waals surface area contributed by atoms with E-state index in [4.69, 9.17) is 0 Å². The van der Waals surface area contributed by atoms with E-state index in [9.17, 15) is 0 Å². The van der Waals surface area contributed by atoms with Gasteiger partial charge in [-0.05, 0) is 18.4 Å². The molecule has 3 nitrogen and oxygen atoms in total. The van der Waals surface area contributed by atoms with Gasteiger partial charge in [-0.3, -0.25) is 5.10 Å². The first kappa shape index (κ1) is 10.7. The summed E-state index contributed by atoms with van der Waals surface area (Å²) in [5.41, 5.74) is 2.42. The Kier molecular flexibility index (Phi) is 3.59. The Morgan fingerprint density at radius 1 is 1.31 bits per heavy atom. The summed E-state index contributed by atoms with van der Waals surface area (Å²) >= 11 is 0. The second-order valence-corrected chi connectivity index (χ2v) is 3.93. The number of nitrogens with one attached hydrogen (secondary N) is 2. The van der Waals surface area contributed by atoms with E-state index in [-0.39, 0.29) is 0 Å². The maximum absolute atomic E-state index is 3.93. The molecule has 0 amide bonds. The summed E-state index contributed by atoms with van der Waals surface area (Å²) in [5, 5.41) is 10.2. The van der Waals surface area contributed by atoms with Gasteiger partial charge in [-0.15, -0.1) is 0 Å². The minimum Gasteiger partial charge on any atom is -0.379 e. The Labute approximate surface area is 95.9 Å².